The molecular weight excluding hydrogens is 276 g/mol. The van der Waals surface area contributed by atoms with Gasteiger partial charge in [0, 0.05) is 30.1 Å². The Balaban J connectivity index is 1.69. The van der Waals surface area contributed by atoms with Gasteiger partial charge < -0.3 is 4.79 Å². The van der Waals surface area contributed by atoms with Crippen molar-refractivity contribution < 1.29 is 14.4 Å². The molecule has 0 aromatic heterocycles. The molecule has 0 bridgehead atoms. The lowest BCUT2D eigenvalue weighted by Crippen LogP contribution is -2.55. The first kappa shape index (κ1) is 14.6. The van der Waals surface area contributed by atoms with E-state index in [1.165, 1.54) is 6.29 Å². The van der Waals surface area contributed by atoms with Crippen LogP contribution in [0.15, 0.2) is 0 Å². The third-order valence-electron chi connectivity index (χ3n) is 7.98. The van der Waals surface area contributed by atoms with Crippen LogP contribution in [0.4, 0.5) is 0 Å². The van der Waals surface area contributed by atoms with E-state index in [2.05, 4.69) is 6.92 Å². The average molecular weight is 302 g/mol. The van der Waals surface area contributed by atoms with Gasteiger partial charge in [-0.1, -0.05) is 6.92 Å². The number of aldehydes is 1. The molecule has 0 unspecified atom stereocenters. The van der Waals surface area contributed by atoms with E-state index >= 15 is 0 Å². The fourth-order valence-electron chi connectivity index (χ4n) is 6.75. The molecule has 0 aromatic rings. The van der Waals surface area contributed by atoms with E-state index in [9.17, 15) is 14.4 Å². The van der Waals surface area contributed by atoms with Gasteiger partial charge in [-0.25, -0.2) is 0 Å². The highest BCUT2D eigenvalue weighted by Crippen LogP contribution is 2.64. The van der Waals surface area contributed by atoms with E-state index in [1.54, 1.807) is 0 Å². The summed E-state index contributed by atoms with van der Waals surface area (Å²) in [5, 5.41) is 0. The standard InChI is InChI=1S/C19H26O3/c1-18-8-7-16-14(15(18)4-5-17(18)22)3-2-12-10-13(21)6-9-19(12,16)11-20/h11-12,14-16H,2-10H2,1H3/t12-,14+,15+,16+,18+,19-/m1/s1. The largest absolute Gasteiger partial charge is 0.303 e. The maximum Gasteiger partial charge on any atom is 0.139 e. The van der Waals surface area contributed by atoms with Gasteiger partial charge in [-0.05, 0) is 62.2 Å². The van der Waals surface area contributed by atoms with Gasteiger partial charge in [0.25, 0.3) is 0 Å². The number of hydrogen-bond donors (Lipinski definition) is 0. The molecule has 120 valence electrons. The number of Topliss-reactive ketones (excluding diaryl/α,β-unsaturated/α-hetero) is 2. The SMILES string of the molecule is C[C@]12CC[C@H]3[C@@H](CC[C@@H]4CC(=O)CC[C@@]43C=O)[C@@H]1CCC2=O. The molecule has 6 atom stereocenters. The normalized spacial score (nSPS) is 51.0. The Labute approximate surface area is 132 Å². The summed E-state index contributed by atoms with van der Waals surface area (Å²) in [7, 11) is 0. The molecule has 4 aliphatic carbocycles. The summed E-state index contributed by atoms with van der Waals surface area (Å²) in [5.41, 5.74) is -0.383. The Kier molecular flexibility index (Phi) is 3.15. The van der Waals surface area contributed by atoms with Crippen molar-refractivity contribution in [2.24, 2.45) is 34.5 Å². The van der Waals surface area contributed by atoms with Gasteiger partial charge in [0.2, 0.25) is 0 Å². The van der Waals surface area contributed by atoms with Crippen molar-refractivity contribution in [3.63, 3.8) is 0 Å². The van der Waals surface area contributed by atoms with Crippen LogP contribution in [0.25, 0.3) is 0 Å². The summed E-state index contributed by atoms with van der Waals surface area (Å²) in [6, 6.07) is 0. The quantitative estimate of drug-likeness (QED) is 0.698. The Bertz CT molecular complexity index is 539. The Morgan fingerprint density at radius 2 is 1.82 bits per heavy atom. The summed E-state index contributed by atoms with van der Waals surface area (Å²) in [4.78, 5) is 36.4. The molecule has 4 aliphatic rings. The Morgan fingerprint density at radius 3 is 2.59 bits per heavy atom. The first-order chi connectivity index (χ1) is 10.5. The molecule has 0 saturated heterocycles. The fourth-order valence-corrected chi connectivity index (χ4v) is 6.75. The zero-order valence-electron chi connectivity index (χ0n) is 13.5. The first-order valence-corrected chi connectivity index (χ1v) is 9.02. The zero-order chi connectivity index (χ0) is 15.5. The van der Waals surface area contributed by atoms with Crippen molar-refractivity contribution >= 4 is 17.9 Å². The van der Waals surface area contributed by atoms with Crippen LogP contribution in [0, 0.1) is 34.5 Å². The van der Waals surface area contributed by atoms with E-state index in [0.717, 1.165) is 44.9 Å². The highest BCUT2D eigenvalue weighted by Gasteiger charge is 2.61. The van der Waals surface area contributed by atoms with E-state index < -0.39 is 0 Å². The molecule has 3 nitrogen and oxygen atoms in total. The summed E-state index contributed by atoms with van der Waals surface area (Å²) in [5.74, 6) is 2.50. The van der Waals surface area contributed by atoms with Crippen LogP contribution in [-0.2, 0) is 14.4 Å². The molecule has 0 aliphatic heterocycles. The second-order valence-electron chi connectivity index (χ2n) is 8.54. The second kappa shape index (κ2) is 4.75. The maximum atomic E-state index is 12.4. The minimum absolute atomic E-state index is 0.122. The van der Waals surface area contributed by atoms with Gasteiger partial charge in [-0.2, -0.15) is 0 Å². The lowest BCUT2D eigenvalue weighted by molar-refractivity contribution is -0.153. The molecule has 0 heterocycles. The number of ketones is 2. The van der Waals surface area contributed by atoms with E-state index in [-0.39, 0.29) is 16.7 Å². The van der Waals surface area contributed by atoms with Crippen LogP contribution >= 0.6 is 0 Å². The monoisotopic (exact) mass is 302 g/mol. The minimum Gasteiger partial charge on any atom is -0.303 e. The molecular formula is C19H26O3. The van der Waals surface area contributed by atoms with Crippen molar-refractivity contribution in [3.05, 3.63) is 0 Å². The van der Waals surface area contributed by atoms with Crippen LogP contribution < -0.4 is 0 Å². The lowest BCUT2D eigenvalue weighted by atomic mass is 9.45. The molecule has 0 N–H and O–H groups in total. The van der Waals surface area contributed by atoms with Crippen molar-refractivity contribution in [1.29, 1.82) is 0 Å². The minimum atomic E-state index is -0.260. The molecule has 4 saturated carbocycles. The summed E-state index contributed by atoms with van der Waals surface area (Å²) >= 11 is 0. The fraction of sp³-hybridized carbons (Fsp3) is 0.842. The third-order valence-corrected chi connectivity index (χ3v) is 7.98. The second-order valence-corrected chi connectivity index (χ2v) is 8.54. The average Bonchev–Trinajstić information content (AvgIpc) is 2.82. The zero-order valence-corrected chi connectivity index (χ0v) is 13.5. The van der Waals surface area contributed by atoms with Crippen LogP contribution in [0.5, 0.6) is 0 Å². The van der Waals surface area contributed by atoms with E-state index in [0.29, 0.717) is 42.2 Å². The molecule has 0 radical (unpaired) electrons. The van der Waals surface area contributed by atoms with E-state index in [1.807, 2.05) is 0 Å². The Morgan fingerprint density at radius 1 is 1.00 bits per heavy atom. The van der Waals surface area contributed by atoms with Gasteiger partial charge in [0.1, 0.15) is 17.9 Å². The van der Waals surface area contributed by atoms with Crippen LogP contribution in [0.2, 0.25) is 0 Å². The smallest absolute Gasteiger partial charge is 0.139 e. The van der Waals surface area contributed by atoms with Crippen LogP contribution in [-0.4, -0.2) is 17.9 Å². The predicted molar refractivity (Wildman–Crippen MR) is 82.1 cm³/mol. The number of fused-ring (bicyclic) bond motifs is 5. The summed E-state index contributed by atoms with van der Waals surface area (Å²) in [6.45, 7) is 2.17. The number of hydrogen-bond acceptors (Lipinski definition) is 3. The number of rotatable bonds is 1. The topological polar surface area (TPSA) is 51.2 Å². The van der Waals surface area contributed by atoms with Gasteiger partial charge in [-0.15, -0.1) is 0 Å². The molecule has 0 spiro atoms. The van der Waals surface area contributed by atoms with E-state index in [4.69, 9.17) is 0 Å². The maximum absolute atomic E-state index is 12.4. The van der Waals surface area contributed by atoms with Crippen molar-refractivity contribution in [2.75, 3.05) is 0 Å². The van der Waals surface area contributed by atoms with Gasteiger partial charge in [-0.3, -0.25) is 9.59 Å². The van der Waals surface area contributed by atoms with Crippen molar-refractivity contribution in [2.45, 2.75) is 64.7 Å². The van der Waals surface area contributed by atoms with Gasteiger partial charge >= 0.3 is 0 Å². The molecule has 0 aromatic carbocycles. The highest BCUT2D eigenvalue weighted by atomic mass is 16.1. The lowest BCUT2D eigenvalue weighted by Gasteiger charge is -2.58. The molecule has 22 heavy (non-hydrogen) atoms. The van der Waals surface area contributed by atoms with Gasteiger partial charge in [0.05, 0.1) is 0 Å². The number of carbonyl (C=O) groups excluding carboxylic acids is 3. The Hall–Kier alpha value is -0.990. The highest BCUT2D eigenvalue weighted by molar-refractivity contribution is 5.87. The molecule has 3 heteroatoms. The van der Waals surface area contributed by atoms with Crippen molar-refractivity contribution in [1.82, 2.24) is 0 Å². The van der Waals surface area contributed by atoms with Crippen LogP contribution in [0.3, 0.4) is 0 Å². The third kappa shape index (κ3) is 1.71. The molecule has 4 rings (SSSR count). The molecule has 0 amide bonds. The summed E-state index contributed by atoms with van der Waals surface area (Å²) in [6.07, 6.45) is 9.02. The molecule has 4 fully saturated rings. The first-order valence-electron chi connectivity index (χ1n) is 9.02. The predicted octanol–water partition coefficient (Wildman–Crippen LogP) is 3.35. The van der Waals surface area contributed by atoms with Crippen molar-refractivity contribution in [3.8, 4) is 0 Å². The number of carbonyl (C=O) groups is 3. The summed E-state index contributed by atoms with van der Waals surface area (Å²) < 4.78 is 0. The van der Waals surface area contributed by atoms with Crippen LogP contribution in [0.1, 0.15) is 64.7 Å². The van der Waals surface area contributed by atoms with Gasteiger partial charge in [0.15, 0.2) is 0 Å².